The van der Waals surface area contributed by atoms with Crippen molar-refractivity contribution in [3.63, 3.8) is 0 Å². The van der Waals surface area contributed by atoms with Gasteiger partial charge in [0.2, 0.25) is 11.8 Å². The Hall–Kier alpha value is -3.02. The Bertz CT molecular complexity index is 792. The average Bonchev–Trinajstić information content (AvgIpc) is 3.03. The first-order valence-corrected chi connectivity index (χ1v) is 8.45. The van der Waals surface area contributed by atoms with Gasteiger partial charge in [0.1, 0.15) is 11.5 Å². The molecule has 2 amide bonds. The zero-order valence-corrected chi connectivity index (χ0v) is 14.9. The summed E-state index contributed by atoms with van der Waals surface area (Å²) in [5.74, 6) is 0.577. The number of hydrogen-bond acceptors (Lipinski definition) is 4. The molecule has 1 atom stereocenters. The van der Waals surface area contributed by atoms with E-state index in [1.807, 2.05) is 30.3 Å². The number of benzene rings is 2. The molecule has 1 aliphatic rings. The van der Waals surface area contributed by atoms with Crippen molar-refractivity contribution in [2.24, 2.45) is 5.92 Å². The molecular weight excluding hydrogens is 332 g/mol. The third-order valence-corrected chi connectivity index (χ3v) is 4.47. The molecule has 26 heavy (non-hydrogen) atoms. The fourth-order valence-corrected chi connectivity index (χ4v) is 3.05. The zero-order valence-electron chi connectivity index (χ0n) is 14.9. The minimum absolute atomic E-state index is 0.00777. The number of ether oxygens (including phenoxy) is 2. The summed E-state index contributed by atoms with van der Waals surface area (Å²) in [4.78, 5) is 26.6. The molecule has 1 aliphatic heterocycles. The molecular formula is C20H22N2O4. The van der Waals surface area contributed by atoms with E-state index < -0.39 is 0 Å². The van der Waals surface area contributed by atoms with Gasteiger partial charge in [0.25, 0.3) is 0 Å². The summed E-state index contributed by atoms with van der Waals surface area (Å²) >= 11 is 0. The van der Waals surface area contributed by atoms with Gasteiger partial charge in [-0.2, -0.15) is 0 Å². The van der Waals surface area contributed by atoms with Crippen LogP contribution in [0.2, 0.25) is 0 Å². The van der Waals surface area contributed by atoms with E-state index in [2.05, 4.69) is 5.32 Å². The number of likely N-dealkylation sites (tertiary alicyclic amines) is 1. The maximum Gasteiger partial charge on any atom is 0.229 e. The molecule has 0 aliphatic carbocycles. The Morgan fingerprint density at radius 1 is 1.15 bits per heavy atom. The molecule has 2 aromatic carbocycles. The second-order valence-electron chi connectivity index (χ2n) is 6.22. The molecule has 1 N–H and O–H groups in total. The third kappa shape index (κ3) is 3.96. The van der Waals surface area contributed by atoms with Crippen LogP contribution in [0.5, 0.6) is 11.5 Å². The van der Waals surface area contributed by atoms with Gasteiger partial charge in [-0.25, -0.2) is 0 Å². The number of rotatable bonds is 6. The van der Waals surface area contributed by atoms with Gasteiger partial charge in [-0.3, -0.25) is 9.59 Å². The molecule has 136 valence electrons. The molecule has 3 rings (SSSR count). The van der Waals surface area contributed by atoms with Crippen molar-refractivity contribution in [3.8, 4) is 11.5 Å². The lowest BCUT2D eigenvalue weighted by molar-refractivity contribution is -0.128. The van der Waals surface area contributed by atoms with E-state index in [-0.39, 0.29) is 24.2 Å². The SMILES string of the molecule is COc1ccc(OC)c(NC(=O)C2CC(=O)N(Cc3ccccc3)C2)c1. The first-order valence-electron chi connectivity index (χ1n) is 8.45. The Kier molecular flexibility index (Phi) is 5.41. The maximum absolute atomic E-state index is 12.6. The monoisotopic (exact) mass is 354 g/mol. The predicted molar refractivity (Wildman–Crippen MR) is 98.1 cm³/mol. The Morgan fingerprint density at radius 2 is 1.92 bits per heavy atom. The summed E-state index contributed by atoms with van der Waals surface area (Å²) in [5, 5.41) is 2.86. The smallest absolute Gasteiger partial charge is 0.229 e. The second-order valence-corrected chi connectivity index (χ2v) is 6.22. The topological polar surface area (TPSA) is 67.9 Å². The Labute approximate surface area is 152 Å². The maximum atomic E-state index is 12.6. The van der Waals surface area contributed by atoms with Crippen molar-refractivity contribution in [2.45, 2.75) is 13.0 Å². The number of amides is 2. The molecule has 0 aromatic heterocycles. The molecule has 2 aromatic rings. The molecule has 0 saturated carbocycles. The summed E-state index contributed by atoms with van der Waals surface area (Å²) in [7, 11) is 3.10. The third-order valence-electron chi connectivity index (χ3n) is 4.47. The van der Waals surface area contributed by atoms with Crippen LogP contribution in [0.25, 0.3) is 0 Å². The first-order chi connectivity index (χ1) is 12.6. The summed E-state index contributed by atoms with van der Waals surface area (Å²) in [6.45, 7) is 0.928. The van der Waals surface area contributed by atoms with Crippen LogP contribution < -0.4 is 14.8 Å². The molecule has 1 heterocycles. The molecule has 1 unspecified atom stereocenters. The summed E-state index contributed by atoms with van der Waals surface area (Å²) in [5.41, 5.74) is 1.59. The van der Waals surface area contributed by atoms with Crippen LogP contribution in [0.15, 0.2) is 48.5 Å². The fourth-order valence-electron chi connectivity index (χ4n) is 3.05. The van der Waals surface area contributed by atoms with Crippen molar-refractivity contribution >= 4 is 17.5 Å². The van der Waals surface area contributed by atoms with E-state index in [9.17, 15) is 9.59 Å². The summed E-state index contributed by atoms with van der Waals surface area (Å²) in [6, 6.07) is 15.0. The number of anilines is 1. The summed E-state index contributed by atoms with van der Waals surface area (Å²) < 4.78 is 10.5. The predicted octanol–water partition coefficient (Wildman–Crippen LogP) is 2.69. The van der Waals surface area contributed by atoms with Crippen molar-refractivity contribution < 1.29 is 19.1 Å². The minimum Gasteiger partial charge on any atom is -0.497 e. The van der Waals surface area contributed by atoms with E-state index in [1.54, 1.807) is 30.2 Å². The van der Waals surface area contributed by atoms with Crippen molar-refractivity contribution in [1.82, 2.24) is 4.90 Å². The molecule has 6 nitrogen and oxygen atoms in total. The van der Waals surface area contributed by atoms with Gasteiger partial charge >= 0.3 is 0 Å². The molecule has 0 radical (unpaired) electrons. The van der Waals surface area contributed by atoms with Crippen molar-refractivity contribution in [3.05, 3.63) is 54.1 Å². The fraction of sp³-hybridized carbons (Fsp3) is 0.300. The zero-order chi connectivity index (χ0) is 18.5. The molecule has 0 bridgehead atoms. The highest BCUT2D eigenvalue weighted by molar-refractivity contribution is 5.98. The van der Waals surface area contributed by atoms with Gasteiger partial charge in [-0.1, -0.05) is 30.3 Å². The quantitative estimate of drug-likeness (QED) is 0.866. The van der Waals surface area contributed by atoms with Crippen molar-refractivity contribution in [2.75, 3.05) is 26.1 Å². The lowest BCUT2D eigenvalue weighted by atomic mass is 10.1. The van der Waals surface area contributed by atoms with Gasteiger partial charge in [-0.05, 0) is 17.7 Å². The number of carbonyl (C=O) groups excluding carboxylic acids is 2. The van der Waals surface area contributed by atoms with Gasteiger partial charge in [0.15, 0.2) is 0 Å². The summed E-state index contributed by atoms with van der Waals surface area (Å²) in [6.07, 6.45) is 0.213. The highest BCUT2D eigenvalue weighted by Crippen LogP contribution is 2.30. The van der Waals surface area contributed by atoms with Crippen LogP contribution in [0, 0.1) is 5.92 Å². The van der Waals surface area contributed by atoms with E-state index in [0.29, 0.717) is 30.3 Å². The molecule has 1 fully saturated rings. The van der Waals surface area contributed by atoms with Crippen molar-refractivity contribution in [1.29, 1.82) is 0 Å². The van der Waals surface area contributed by atoms with E-state index in [1.165, 1.54) is 7.11 Å². The number of carbonyl (C=O) groups is 2. The molecule has 1 saturated heterocycles. The standard InChI is InChI=1S/C20H22N2O4/c1-25-16-8-9-18(26-2)17(11-16)21-20(24)15-10-19(23)22(13-15)12-14-6-4-3-5-7-14/h3-9,11,15H,10,12-13H2,1-2H3,(H,21,24). The number of methoxy groups -OCH3 is 2. The minimum atomic E-state index is -0.387. The van der Waals surface area contributed by atoms with Crippen LogP contribution in [-0.4, -0.2) is 37.5 Å². The van der Waals surface area contributed by atoms with Gasteiger partial charge in [0.05, 0.1) is 25.8 Å². The highest BCUT2D eigenvalue weighted by Gasteiger charge is 2.34. The molecule has 0 spiro atoms. The van der Waals surface area contributed by atoms with Gasteiger partial charge in [0, 0.05) is 25.6 Å². The van der Waals surface area contributed by atoms with Crippen LogP contribution in [-0.2, 0) is 16.1 Å². The highest BCUT2D eigenvalue weighted by atomic mass is 16.5. The van der Waals surface area contributed by atoms with Crippen LogP contribution in [0.3, 0.4) is 0 Å². The average molecular weight is 354 g/mol. The Balaban J connectivity index is 1.67. The number of hydrogen-bond donors (Lipinski definition) is 1. The number of nitrogens with one attached hydrogen (secondary N) is 1. The Morgan fingerprint density at radius 3 is 2.62 bits per heavy atom. The first kappa shape index (κ1) is 17.8. The van der Waals surface area contributed by atoms with E-state index in [4.69, 9.17) is 9.47 Å². The largest absolute Gasteiger partial charge is 0.497 e. The van der Waals surface area contributed by atoms with Gasteiger partial charge in [-0.15, -0.1) is 0 Å². The van der Waals surface area contributed by atoms with E-state index >= 15 is 0 Å². The normalized spacial score (nSPS) is 16.5. The lowest BCUT2D eigenvalue weighted by Gasteiger charge is -2.17. The number of nitrogens with zero attached hydrogens (tertiary/aromatic N) is 1. The van der Waals surface area contributed by atoms with Gasteiger partial charge < -0.3 is 19.7 Å². The van der Waals surface area contributed by atoms with E-state index in [0.717, 1.165) is 5.56 Å². The van der Waals surface area contributed by atoms with Crippen LogP contribution >= 0.6 is 0 Å². The second kappa shape index (κ2) is 7.91. The molecule has 6 heteroatoms. The van der Waals surface area contributed by atoms with Crippen LogP contribution in [0.4, 0.5) is 5.69 Å². The lowest BCUT2D eigenvalue weighted by Crippen LogP contribution is -2.28. The van der Waals surface area contributed by atoms with Crippen LogP contribution in [0.1, 0.15) is 12.0 Å².